The van der Waals surface area contributed by atoms with Gasteiger partial charge in [0.05, 0.1) is 11.3 Å². The zero-order valence-electron chi connectivity index (χ0n) is 14.1. The van der Waals surface area contributed by atoms with Gasteiger partial charge < -0.3 is 14.6 Å². The number of benzene rings is 1. The lowest BCUT2D eigenvalue weighted by Crippen LogP contribution is -2.43. The van der Waals surface area contributed by atoms with E-state index in [-0.39, 0.29) is 0 Å². The smallest absolute Gasteiger partial charge is 0.345 e. The number of imidazole rings is 1. The highest BCUT2D eigenvalue weighted by Gasteiger charge is 2.14. The molecule has 26 heavy (non-hydrogen) atoms. The first kappa shape index (κ1) is 15.1. The molecule has 0 atom stereocenters. The van der Waals surface area contributed by atoms with Gasteiger partial charge in [-0.25, -0.2) is 14.8 Å². The number of nitrogens with one attached hydrogen (secondary N) is 1. The normalized spacial score (nSPS) is 15.0. The Morgan fingerprint density at radius 1 is 1.15 bits per heavy atom. The van der Waals surface area contributed by atoms with Crippen LogP contribution in [0.25, 0.3) is 28.0 Å². The standard InChI is InChI=1S/C19H17N5O2/c25-18-15(16-12-24-7-1-4-21-19(24)22-16)10-13-2-3-14(11-17(13)26-18)23-8-5-20-6-9-23/h1-4,7,10-12,20H,5-6,8-9H2. The molecule has 1 aromatic carbocycles. The van der Waals surface area contributed by atoms with Crippen LogP contribution in [0.1, 0.15) is 0 Å². The van der Waals surface area contributed by atoms with Crippen molar-refractivity contribution in [1.29, 1.82) is 0 Å². The van der Waals surface area contributed by atoms with Crippen molar-refractivity contribution < 1.29 is 4.42 Å². The predicted molar refractivity (Wildman–Crippen MR) is 99.5 cm³/mol. The van der Waals surface area contributed by atoms with Gasteiger partial charge >= 0.3 is 5.63 Å². The highest BCUT2D eigenvalue weighted by atomic mass is 16.4. The first-order chi connectivity index (χ1) is 12.8. The van der Waals surface area contributed by atoms with Crippen molar-refractivity contribution in [2.24, 2.45) is 0 Å². The molecular weight excluding hydrogens is 330 g/mol. The van der Waals surface area contributed by atoms with Crippen molar-refractivity contribution in [1.82, 2.24) is 19.7 Å². The lowest BCUT2D eigenvalue weighted by molar-refractivity contribution is 0.561. The van der Waals surface area contributed by atoms with Gasteiger partial charge in [0.2, 0.25) is 5.78 Å². The maximum absolute atomic E-state index is 12.5. The Hall–Kier alpha value is -3.19. The summed E-state index contributed by atoms with van der Waals surface area (Å²) in [5.41, 5.74) is 2.28. The number of fused-ring (bicyclic) bond motifs is 2. The molecule has 0 spiro atoms. The van der Waals surface area contributed by atoms with Crippen molar-refractivity contribution in [3.8, 4) is 11.3 Å². The number of anilines is 1. The molecule has 7 heteroatoms. The molecule has 0 amide bonds. The SMILES string of the molecule is O=c1oc2cc(N3CCNCC3)ccc2cc1-c1cn2cccnc2n1. The molecule has 0 aliphatic carbocycles. The molecule has 1 saturated heterocycles. The molecule has 1 fully saturated rings. The van der Waals surface area contributed by atoms with Gasteiger partial charge in [-0.1, -0.05) is 0 Å². The average Bonchev–Trinajstić information content (AvgIpc) is 3.11. The minimum absolute atomic E-state index is 0.390. The fourth-order valence-electron chi connectivity index (χ4n) is 3.36. The van der Waals surface area contributed by atoms with Gasteiger partial charge in [-0.3, -0.25) is 4.40 Å². The van der Waals surface area contributed by atoms with E-state index in [0.717, 1.165) is 37.3 Å². The zero-order chi connectivity index (χ0) is 17.5. The van der Waals surface area contributed by atoms with Gasteiger partial charge in [-0.15, -0.1) is 0 Å². The Balaban J connectivity index is 1.59. The lowest BCUT2D eigenvalue weighted by Gasteiger charge is -2.29. The maximum atomic E-state index is 12.5. The molecule has 5 rings (SSSR count). The Kier molecular flexibility index (Phi) is 3.46. The molecule has 130 valence electrons. The van der Waals surface area contributed by atoms with E-state index >= 15 is 0 Å². The van der Waals surface area contributed by atoms with E-state index in [2.05, 4.69) is 26.3 Å². The van der Waals surface area contributed by atoms with Gasteiger partial charge in [0.1, 0.15) is 5.58 Å². The van der Waals surface area contributed by atoms with Crippen LogP contribution in [0, 0.1) is 0 Å². The molecule has 1 N–H and O–H groups in total. The number of nitrogens with zero attached hydrogens (tertiary/aromatic N) is 4. The maximum Gasteiger partial charge on any atom is 0.345 e. The Morgan fingerprint density at radius 3 is 2.88 bits per heavy atom. The first-order valence-electron chi connectivity index (χ1n) is 8.62. The van der Waals surface area contributed by atoms with Crippen molar-refractivity contribution >= 4 is 22.4 Å². The van der Waals surface area contributed by atoms with Crippen molar-refractivity contribution in [2.45, 2.75) is 0 Å². The second kappa shape index (κ2) is 5.96. The third-order valence-corrected chi connectivity index (χ3v) is 4.71. The number of aromatic nitrogens is 3. The van der Waals surface area contributed by atoms with Gasteiger partial charge in [0.15, 0.2) is 0 Å². The molecular formula is C19H17N5O2. The molecule has 7 nitrogen and oxygen atoms in total. The van der Waals surface area contributed by atoms with E-state index in [0.29, 0.717) is 22.6 Å². The van der Waals surface area contributed by atoms with E-state index < -0.39 is 5.63 Å². The second-order valence-electron chi connectivity index (χ2n) is 6.36. The Bertz CT molecular complexity index is 1120. The third-order valence-electron chi connectivity index (χ3n) is 4.71. The highest BCUT2D eigenvalue weighted by molar-refractivity contribution is 5.84. The summed E-state index contributed by atoms with van der Waals surface area (Å²) in [7, 11) is 0. The molecule has 0 radical (unpaired) electrons. The van der Waals surface area contributed by atoms with Crippen LogP contribution in [-0.2, 0) is 0 Å². The minimum Gasteiger partial charge on any atom is -0.422 e. The summed E-state index contributed by atoms with van der Waals surface area (Å²) in [6.45, 7) is 3.82. The van der Waals surface area contributed by atoms with Gasteiger partial charge in [0.25, 0.3) is 0 Å². The molecule has 0 saturated carbocycles. The number of hydrogen-bond acceptors (Lipinski definition) is 6. The van der Waals surface area contributed by atoms with Crippen LogP contribution < -0.4 is 15.8 Å². The summed E-state index contributed by atoms with van der Waals surface area (Å²) in [6.07, 6.45) is 5.31. The topological polar surface area (TPSA) is 75.7 Å². The summed E-state index contributed by atoms with van der Waals surface area (Å²) in [5, 5.41) is 4.22. The van der Waals surface area contributed by atoms with E-state index in [9.17, 15) is 4.79 Å². The van der Waals surface area contributed by atoms with Crippen LogP contribution in [-0.4, -0.2) is 40.5 Å². The molecule has 4 heterocycles. The van der Waals surface area contributed by atoms with E-state index in [4.69, 9.17) is 4.42 Å². The molecule has 0 bridgehead atoms. The fraction of sp³-hybridized carbons (Fsp3) is 0.211. The molecule has 3 aromatic heterocycles. The third kappa shape index (κ3) is 2.53. The average molecular weight is 347 g/mol. The van der Waals surface area contributed by atoms with Crippen LogP contribution in [0.15, 0.2) is 58.1 Å². The van der Waals surface area contributed by atoms with E-state index in [1.165, 1.54) is 0 Å². The number of rotatable bonds is 2. The minimum atomic E-state index is -0.390. The number of piperazine rings is 1. The Labute approximate surface area is 148 Å². The summed E-state index contributed by atoms with van der Waals surface area (Å²) in [4.78, 5) is 23.4. The zero-order valence-corrected chi connectivity index (χ0v) is 14.1. The monoisotopic (exact) mass is 347 g/mol. The second-order valence-corrected chi connectivity index (χ2v) is 6.36. The van der Waals surface area contributed by atoms with Crippen molar-refractivity contribution in [2.75, 3.05) is 31.1 Å². The van der Waals surface area contributed by atoms with E-state index in [1.54, 1.807) is 16.8 Å². The summed E-state index contributed by atoms with van der Waals surface area (Å²) < 4.78 is 7.39. The van der Waals surface area contributed by atoms with Crippen LogP contribution >= 0.6 is 0 Å². The first-order valence-corrected chi connectivity index (χ1v) is 8.62. The highest BCUT2D eigenvalue weighted by Crippen LogP contribution is 2.25. The quantitative estimate of drug-likeness (QED) is 0.558. The van der Waals surface area contributed by atoms with Crippen molar-refractivity contribution in [3.63, 3.8) is 0 Å². The van der Waals surface area contributed by atoms with Crippen LogP contribution in [0.4, 0.5) is 5.69 Å². The lowest BCUT2D eigenvalue weighted by atomic mass is 10.1. The molecule has 0 unspecified atom stereocenters. The van der Waals surface area contributed by atoms with Gasteiger partial charge in [-0.2, -0.15) is 0 Å². The van der Waals surface area contributed by atoms with Gasteiger partial charge in [0, 0.05) is 61.9 Å². The Morgan fingerprint density at radius 2 is 2.04 bits per heavy atom. The van der Waals surface area contributed by atoms with E-state index in [1.807, 2.05) is 30.5 Å². The summed E-state index contributed by atoms with van der Waals surface area (Å²) in [6, 6.07) is 9.66. The van der Waals surface area contributed by atoms with Crippen LogP contribution in [0.5, 0.6) is 0 Å². The van der Waals surface area contributed by atoms with Crippen LogP contribution in [0.3, 0.4) is 0 Å². The van der Waals surface area contributed by atoms with Gasteiger partial charge in [-0.05, 0) is 24.3 Å². The molecule has 1 aliphatic rings. The molecule has 4 aromatic rings. The number of hydrogen-bond donors (Lipinski definition) is 1. The summed E-state index contributed by atoms with van der Waals surface area (Å²) in [5.74, 6) is 0.552. The fourth-order valence-corrected chi connectivity index (χ4v) is 3.36. The summed E-state index contributed by atoms with van der Waals surface area (Å²) >= 11 is 0. The predicted octanol–water partition coefficient (Wildman–Crippen LogP) is 1.91. The molecule has 1 aliphatic heterocycles. The van der Waals surface area contributed by atoms with Crippen LogP contribution in [0.2, 0.25) is 0 Å². The van der Waals surface area contributed by atoms with Crippen molar-refractivity contribution in [3.05, 3.63) is 59.3 Å². The largest absolute Gasteiger partial charge is 0.422 e.